The molecule has 0 spiro atoms. The summed E-state index contributed by atoms with van der Waals surface area (Å²) in [6.07, 6.45) is 1.63. The number of nitrogens with zero attached hydrogens (tertiary/aromatic N) is 1. The van der Waals surface area contributed by atoms with Gasteiger partial charge in [0.05, 0.1) is 5.69 Å². The van der Waals surface area contributed by atoms with Gasteiger partial charge in [-0.2, -0.15) is 0 Å². The normalized spacial score (nSPS) is 15.2. The van der Waals surface area contributed by atoms with Crippen molar-refractivity contribution >= 4 is 41.2 Å². The molecule has 1 fully saturated rings. The summed E-state index contributed by atoms with van der Waals surface area (Å²) in [5.74, 6) is -1.90. The van der Waals surface area contributed by atoms with E-state index >= 15 is 0 Å². The average molecular weight is 463 g/mol. The Kier molecular flexibility index (Phi) is 6.11. The summed E-state index contributed by atoms with van der Waals surface area (Å²) < 4.78 is 14.2. The van der Waals surface area contributed by atoms with Gasteiger partial charge in [-0.15, -0.1) is 0 Å². The second-order valence-corrected chi connectivity index (χ2v) is 8.30. The highest BCUT2D eigenvalue weighted by Gasteiger charge is 2.37. The number of hydrogen-bond donors (Lipinski definition) is 1. The molecule has 7 heteroatoms. The van der Waals surface area contributed by atoms with Crippen LogP contribution < -0.4 is 10.2 Å². The number of carbonyl (C=O) groups is 3. The van der Waals surface area contributed by atoms with Gasteiger partial charge in [0.15, 0.2) is 0 Å². The van der Waals surface area contributed by atoms with Gasteiger partial charge in [0.25, 0.3) is 11.8 Å². The zero-order valence-electron chi connectivity index (χ0n) is 18.0. The third kappa shape index (κ3) is 4.56. The summed E-state index contributed by atoms with van der Waals surface area (Å²) in [5, 5.41) is 2.63. The molecule has 1 N–H and O–H groups in total. The molecule has 1 saturated heterocycles. The molecule has 0 aliphatic carbocycles. The lowest BCUT2D eigenvalue weighted by Gasteiger charge is -2.28. The Morgan fingerprint density at radius 2 is 1.73 bits per heavy atom. The molecule has 0 bridgehead atoms. The average Bonchev–Trinajstić information content (AvgIpc) is 2.76. The molecule has 0 saturated carbocycles. The van der Waals surface area contributed by atoms with Gasteiger partial charge in [-0.3, -0.25) is 14.9 Å². The number of amides is 4. The van der Waals surface area contributed by atoms with Crippen molar-refractivity contribution in [3.63, 3.8) is 0 Å². The number of aryl methyl sites for hydroxylation is 2. The zero-order valence-corrected chi connectivity index (χ0v) is 18.7. The van der Waals surface area contributed by atoms with Crippen molar-refractivity contribution < 1.29 is 18.8 Å². The van der Waals surface area contributed by atoms with E-state index in [1.807, 2.05) is 13.0 Å². The molecular weight excluding hydrogens is 443 g/mol. The Hall–Kier alpha value is -3.77. The summed E-state index contributed by atoms with van der Waals surface area (Å²) in [5.41, 5.74) is 3.38. The zero-order chi connectivity index (χ0) is 23.7. The highest BCUT2D eigenvalue weighted by molar-refractivity contribution is 6.39. The van der Waals surface area contributed by atoms with Crippen molar-refractivity contribution in [3.05, 3.63) is 105 Å². The van der Waals surface area contributed by atoms with Crippen molar-refractivity contribution in [3.8, 4) is 0 Å². The molecule has 4 rings (SSSR count). The monoisotopic (exact) mass is 462 g/mol. The predicted octanol–water partition coefficient (Wildman–Crippen LogP) is 5.35. The molecule has 166 valence electrons. The van der Waals surface area contributed by atoms with Crippen LogP contribution in [0.4, 0.5) is 14.9 Å². The molecule has 5 nitrogen and oxygen atoms in total. The second-order valence-electron chi connectivity index (χ2n) is 7.86. The summed E-state index contributed by atoms with van der Waals surface area (Å²) >= 11 is 6.17. The van der Waals surface area contributed by atoms with Crippen molar-refractivity contribution in [2.24, 2.45) is 0 Å². The molecule has 3 aromatic rings. The van der Waals surface area contributed by atoms with Gasteiger partial charge in [-0.05, 0) is 72.0 Å². The summed E-state index contributed by atoms with van der Waals surface area (Å²) in [4.78, 5) is 39.4. The lowest BCUT2D eigenvalue weighted by Crippen LogP contribution is -2.54. The van der Waals surface area contributed by atoms with Crippen LogP contribution in [0.25, 0.3) is 6.08 Å². The van der Waals surface area contributed by atoms with Gasteiger partial charge < -0.3 is 0 Å². The predicted molar refractivity (Wildman–Crippen MR) is 126 cm³/mol. The van der Waals surface area contributed by atoms with Gasteiger partial charge in [0.2, 0.25) is 0 Å². The largest absolute Gasteiger partial charge is 0.335 e. The number of nitrogens with one attached hydrogen (secondary N) is 1. The third-order valence-corrected chi connectivity index (χ3v) is 5.69. The van der Waals surface area contributed by atoms with Crippen LogP contribution in [-0.4, -0.2) is 17.8 Å². The molecule has 3 aromatic carbocycles. The lowest BCUT2D eigenvalue weighted by molar-refractivity contribution is -0.122. The molecule has 4 amide bonds. The number of benzene rings is 3. The maximum absolute atomic E-state index is 14.2. The first-order chi connectivity index (χ1) is 15.7. The number of anilines is 1. The number of carbonyl (C=O) groups excluding carboxylic acids is 3. The van der Waals surface area contributed by atoms with Crippen LogP contribution in [-0.2, 0) is 16.0 Å². The van der Waals surface area contributed by atoms with E-state index in [1.165, 1.54) is 12.1 Å². The van der Waals surface area contributed by atoms with Crippen molar-refractivity contribution in [1.82, 2.24) is 5.32 Å². The van der Waals surface area contributed by atoms with Crippen molar-refractivity contribution in [2.45, 2.75) is 20.3 Å². The second kappa shape index (κ2) is 9.00. The number of barbiturate groups is 1. The quantitative estimate of drug-likeness (QED) is 0.419. The minimum Gasteiger partial charge on any atom is -0.273 e. The SMILES string of the molecule is Cc1ccc(C)c(N2C(=O)NC(=O)/C(=C\c3cc(Cl)ccc3Cc3ccccc3F)C2=O)c1. The van der Waals surface area contributed by atoms with Crippen LogP contribution >= 0.6 is 11.6 Å². The van der Waals surface area contributed by atoms with E-state index in [4.69, 9.17) is 11.6 Å². The van der Waals surface area contributed by atoms with E-state index in [1.54, 1.807) is 55.5 Å². The molecule has 0 unspecified atom stereocenters. The molecule has 0 atom stereocenters. The highest BCUT2D eigenvalue weighted by atomic mass is 35.5. The van der Waals surface area contributed by atoms with Crippen LogP contribution in [0, 0.1) is 19.7 Å². The number of rotatable bonds is 4. The summed E-state index contributed by atoms with van der Waals surface area (Å²) in [7, 11) is 0. The molecule has 1 heterocycles. The van der Waals surface area contributed by atoms with E-state index in [0.29, 0.717) is 33.0 Å². The first-order valence-corrected chi connectivity index (χ1v) is 10.6. The van der Waals surface area contributed by atoms with E-state index in [-0.39, 0.29) is 17.8 Å². The smallest absolute Gasteiger partial charge is 0.273 e. The van der Waals surface area contributed by atoms with Gasteiger partial charge in [0.1, 0.15) is 11.4 Å². The van der Waals surface area contributed by atoms with Crippen LogP contribution in [0.1, 0.15) is 27.8 Å². The van der Waals surface area contributed by atoms with Crippen molar-refractivity contribution in [1.29, 1.82) is 0 Å². The first kappa shape index (κ1) is 22.4. The van der Waals surface area contributed by atoms with E-state index in [9.17, 15) is 18.8 Å². The Labute approximate surface area is 195 Å². The molecule has 1 aliphatic heterocycles. The van der Waals surface area contributed by atoms with Crippen LogP contribution in [0.3, 0.4) is 0 Å². The number of urea groups is 1. The lowest BCUT2D eigenvalue weighted by atomic mass is 9.97. The van der Waals surface area contributed by atoms with Gasteiger partial charge in [0, 0.05) is 11.4 Å². The van der Waals surface area contributed by atoms with Gasteiger partial charge in [-0.1, -0.05) is 48.0 Å². The van der Waals surface area contributed by atoms with Gasteiger partial charge >= 0.3 is 6.03 Å². The number of imide groups is 2. The minimum atomic E-state index is -0.812. The molecular formula is C26H20ClFN2O3. The molecule has 33 heavy (non-hydrogen) atoms. The molecule has 0 radical (unpaired) electrons. The summed E-state index contributed by atoms with van der Waals surface area (Å²) in [6.45, 7) is 3.62. The minimum absolute atomic E-state index is 0.215. The molecule has 1 aliphatic rings. The van der Waals surface area contributed by atoms with E-state index in [0.717, 1.165) is 10.5 Å². The number of halogens is 2. The Morgan fingerprint density at radius 3 is 2.48 bits per heavy atom. The van der Waals surface area contributed by atoms with Crippen LogP contribution in [0.5, 0.6) is 0 Å². The molecule has 0 aromatic heterocycles. The van der Waals surface area contributed by atoms with E-state index in [2.05, 4.69) is 5.32 Å². The Bertz CT molecular complexity index is 1330. The maximum atomic E-state index is 14.2. The Morgan fingerprint density at radius 1 is 0.970 bits per heavy atom. The Balaban J connectivity index is 1.78. The fraction of sp³-hybridized carbons (Fsp3) is 0.115. The number of hydrogen-bond acceptors (Lipinski definition) is 3. The topological polar surface area (TPSA) is 66.5 Å². The standard InChI is InChI=1S/C26H20ClFN2O3/c1-15-7-8-16(2)23(11-15)30-25(32)21(24(31)29-26(30)33)14-19-13-20(27)10-9-17(19)12-18-5-3-4-6-22(18)28/h3-11,13-14H,12H2,1-2H3,(H,29,31,33)/b21-14+. The maximum Gasteiger partial charge on any atom is 0.335 e. The van der Waals surface area contributed by atoms with Crippen LogP contribution in [0.15, 0.2) is 66.2 Å². The highest BCUT2D eigenvalue weighted by Crippen LogP contribution is 2.28. The fourth-order valence-corrected chi connectivity index (χ4v) is 3.88. The first-order valence-electron chi connectivity index (χ1n) is 10.2. The van der Waals surface area contributed by atoms with E-state index < -0.39 is 17.8 Å². The van der Waals surface area contributed by atoms with Crippen molar-refractivity contribution in [2.75, 3.05) is 4.90 Å². The third-order valence-electron chi connectivity index (χ3n) is 5.45. The van der Waals surface area contributed by atoms with Gasteiger partial charge in [-0.25, -0.2) is 14.1 Å². The summed E-state index contributed by atoms with van der Waals surface area (Å²) in [6, 6.07) is 15.9. The van der Waals surface area contributed by atoms with Crippen LogP contribution in [0.2, 0.25) is 5.02 Å². The fourth-order valence-electron chi connectivity index (χ4n) is 3.70.